The van der Waals surface area contributed by atoms with Crippen molar-refractivity contribution >= 4 is 0 Å². The molecule has 1 fully saturated rings. The van der Waals surface area contributed by atoms with Gasteiger partial charge in [0.1, 0.15) is 0 Å². The van der Waals surface area contributed by atoms with Crippen LogP contribution < -0.4 is 5.32 Å². The first-order valence-corrected chi connectivity index (χ1v) is 7.54. The van der Waals surface area contributed by atoms with Crippen LogP contribution >= 0.6 is 0 Å². The van der Waals surface area contributed by atoms with Crippen LogP contribution in [-0.2, 0) is 13.0 Å². The first-order valence-electron chi connectivity index (χ1n) is 7.54. The van der Waals surface area contributed by atoms with Crippen molar-refractivity contribution in [2.75, 3.05) is 13.1 Å². The second-order valence-electron chi connectivity index (χ2n) is 5.50. The number of nitrogens with zero attached hydrogens (tertiary/aromatic N) is 3. The van der Waals surface area contributed by atoms with Gasteiger partial charge in [-0.25, -0.2) is 0 Å². The first kappa shape index (κ1) is 13.3. The SMILES string of the molecule is CCn1nccc1-c1ccc(C[C@H]2CCCNC2)cn1. The second kappa shape index (κ2) is 6.18. The van der Waals surface area contributed by atoms with E-state index in [0.29, 0.717) is 0 Å². The fourth-order valence-corrected chi connectivity index (χ4v) is 2.93. The summed E-state index contributed by atoms with van der Waals surface area (Å²) in [4.78, 5) is 4.61. The van der Waals surface area contributed by atoms with E-state index in [2.05, 4.69) is 34.5 Å². The average molecular weight is 270 g/mol. The summed E-state index contributed by atoms with van der Waals surface area (Å²) < 4.78 is 1.98. The minimum atomic E-state index is 0.762. The molecule has 0 aliphatic carbocycles. The van der Waals surface area contributed by atoms with E-state index in [9.17, 15) is 0 Å². The molecule has 3 rings (SSSR count). The lowest BCUT2D eigenvalue weighted by atomic mass is 9.93. The van der Waals surface area contributed by atoms with Gasteiger partial charge in [0.15, 0.2) is 0 Å². The molecule has 0 amide bonds. The molecule has 0 spiro atoms. The van der Waals surface area contributed by atoms with Crippen molar-refractivity contribution in [3.05, 3.63) is 36.2 Å². The third-order valence-electron chi connectivity index (χ3n) is 4.03. The van der Waals surface area contributed by atoms with Gasteiger partial charge < -0.3 is 5.32 Å². The molecule has 0 unspecified atom stereocenters. The van der Waals surface area contributed by atoms with Crippen LogP contribution in [0.4, 0.5) is 0 Å². The summed E-state index contributed by atoms with van der Waals surface area (Å²) >= 11 is 0. The highest BCUT2D eigenvalue weighted by atomic mass is 15.3. The highest BCUT2D eigenvalue weighted by Gasteiger charge is 2.14. The molecule has 3 heterocycles. The Morgan fingerprint density at radius 2 is 2.30 bits per heavy atom. The molecular weight excluding hydrogens is 248 g/mol. The summed E-state index contributed by atoms with van der Waals surface area (Å²) in [5.74, 6) is 0.762. The Bertz CT molecular complexity index is 538. The summed E-state index contributed by atoms with van der Waals surface area (Å²) in [7, 11) is 0. The summed E-state index contributed by atoms with van der Waals surface area (Å²) in [5, 5.41) is 7.77. The van der Waals surface area contributed by atoms with Crippen LogP contribution in [0.2, 0.25) is 0 Å². The molecule has 2 aromatic heterocycles. The predicted molar refractivity (Wildman–Crippen MR) is 80.4 cm³/mol. The molecule has 0 radical (unpaired) electrons. The Kier molecular flexibility index (Phi) is 4.11. The molecule has 1 saturated heterocycles. The fourth-order valence-electron chi connectivity index (χ4n) is 2.93. The molecular formula is C16H22N4. The largest absolute Gasteiger partial charge is 0.316 e. The summed E-state index contributed by atoms with van der Waals surface area (Å²) in [6, 6.07) is 6.36. The second-order valence-corrected chi connectivity index (χ2v) is 5.50. The van der Waals surface area contributed by atoms with Crippen molar-refractivity contribution in [3.8, 4) is 11.4 Å². The molecule has 4 nitrogen and oxygen atoms in total. The molecule has 4 heteroatoms. The van der Waals surface area contributed by atoms with Crippen LogP contribution in [-0.4, -0.2) is 27.9 Å². The quantitative estimate of drug-likeness (QED) is 0.928. The third kappa shape index (κ3) is 2.90. The van der Waals surface area contributed by atoms with Crippen molar-refractivity contribution in [1.29, 1.82) is 0 Å². The molecule has 1 aliphatic rings. The normalized spacial score (nSPS) is 19.1. The third-order valence-corrected chi connectivity index (χ3v) is 4.03. The van der Waals surface area contributed by atoms with E-state index in [4.69, 9.17) is 0 Å². The van der Waals surface area contributed by atoms with Gasteiger partial charge >= 0.3 is 0 Å². The van der Waals surface area contributed by atoms with E-state index in [-0.39, 0.29) is 0 Å². The topological polar surface area (TPSA) is 42.7 Å². The van der Waals surface area contributed by atoms with E-state index in [0.717, 1.165) is 36.8 Å². The predicted octanol–water partition coefficient (Wildman–Crippen LogP) is 2.51. The Balaban J connectivity index is 1.71. The average Bonchev–Trinajstić information content (AvgIpc) is 2.98. The van der Waals surface area contributed by atoms with Gasteiger partial charge in [0.2, 0.25) is 0 Å². The lowest BCUT2D eigenvalue weighted by Gasteiger charge is -2.22. The summed E-state index contributed by atoms with van der Waals surface area (Å²) in [5.41, 5.74) is 3.44. The van der Waals surface area contributed by atoms with Crippen molar-refractivity contribution in [2.45, 2.75) is 32.7 Å². The highest BCUT2D eigenvalue weighted by Crippen LogP contribution is 2.19. The maximum absolute atomic E-state index is 4.61. The van der Waals surface area contributed by atoms with Gasteiger partial charge in [0.05, 0.1) is 11.4 Å². The number of nitrogens with one attached hydrogen (secondary N) is 1. The van der Waals surface area contributed by atoms with Crippen LogP contribution in [0.3, 0.4) is 0 Å². The number of hydrogen-bond acceptors (Lipinski definition) is 3. The van der Waals surface area contributed by atoms with Gasteiger partial charge in [-0.2, -0.15) is 5.10 Å². The first-order chi connectivity index (χ1) is 9.86. The lowest BCUT2D eigenvalue weighted by molar-refractivity contribution is 0.376. The van der Waals surface area contributed by atoms with E-state index in [1.54, 1.807) is 0 Å². The Hall–Kier alpha value is -1.68. The zero-order chi connectivity index (χ0) is 13.8. The standard InChI is InChI=1S/C16H22N4/c1-2-20-16(7-9-19-20)15-6-5-14(12-18-15)10-13-4-3-8-17-11-13/h5-7,9,12-13,17H,2-4,8,10-11H2,1H3/t13-/m1/s1. The highest BCUT2D eigenvalue weighted by molar-refractivity contribution is 5.54. The van der Waals surface area contributed by atoms with Gasteiger partial charge in [-0.05, 0) is 62.9 Å². The summed E-state index contributed by atoms with van der Waals surface area (Å²) in [6.07, 6.45) is 7.62. The number of piperidine rings is 1. The minimum absolute atomic E-state index is 0.762. The number of hydrogen-bond donors (Lipinski definition) is 1. The van der Waals surface area contributed by atoms with Gasteiger partial charge in [-0.15, -0.1) is 0 Å². The van der Waals surface area contributed by atoms with Crippen LogP contribution in [0.15, 0.2) is 30.6 Å². The van der Waals surface area contributed by atoms with Crippen LogP contribution in [0.25, 0.3) is 11.4 Å². The van der Waals surface area contributed by atoms with E-state index in [1.165, 1.54) is 24.9 Å². The molecule has 2 aromatic rings. The number of rotatable bonds is 4. The van der Waals surface area contributed by atoms with Crippen LogP contribution in [0.1, 0.15) is 25.3 Å². The monoisotopic (exact) mass is 270 g/mol. The van der Waals surface area contributed by atoms with Crippen molar-refractivity contribution in [2.24, 2.45) is 5.92 Å². The molecule has 106 valence electrons. The van der Waals surface area contributed by atoms with Crippen LogP contribution in [0.5, 0.6) is 0 Å². The van der Waals surface area contributed by atoms with Gasteiger partial charge in [-0.3, -0.25) is 9.67 Å². The van der Waals surface area contributed by atoms with Crippen molar-refractivity contribution in [3.63, 3.8) is 0 Å². The molecule has 0 aromatic carbocycles. The number of aryl methyl sites for hydroxylation is 1. The Labute approximate surface area is 120 Å². The molecule has 1 aliphatic heterocycles. The Morgan fingerprint density at radius 3 is 3.00 bits per heavy atom. The van der Waals surface area contributed by atoms with Crippen molar-refractivity contribution < 1.29 is 0 Å². The van der Waals surface area contributed by atoms with Gasteiger partial charge in [-0.1, -0.05) is 6.07 Å². The van der Waals surface area contributed by atoms with Gasteiger partial charge in [0, 0.05) is 18.9 Å². The number of pyridine rings is 1. The molecule has 1 atom stereocenters. The zero-order valence-corrected chi connectivity index (χ0v) is 12.0. The fraction of sp³-hybridized carbons (Fsp3) is 0.500. The molecule has 1 N–H and O–H groups in total. The maximum atomic E-state index is 4.61. The van der Waals surface area contributed by atoms with E-state index in [1.807, 2.05) is 23.1 Å². The molecule has 0 bridgehead atoms. The van der Waals surface area contributed by atoms with E-state index < -0.39 is 0 Å². The molecule has 20 heavy (non-hydrogen) atoms. The maximum Gasteiger partial charge on any atom is 0.0883 e. The smallest absolute Gasteiger partial charge is 0.0883 e. The van der Waals surface area contributed by atoms with Crippen LogP contribution in [0, 0.1) is 5.92 Å². The number of aromatic nitrogens is 3. The lowest BCUT2D eigenvalue weighted by Crippen LogP contribution is -2.30. The summed E-state index contributed by atoms with van der Waals surface area (Å²) in [6.45, 7) is 5.29. The minimum Gasteiger partial charge on any atom is -0.316 e. The van der Waals surface area contributed by atoms with Gasteiger partial charge in [0.25, 0.3) is 0 Å². The van der Waals surface area contributed by atoms with E-state index >= 15 is 0 Å². The zero-order valence-electron chi connectivity index (χ0n) is 12.0. The van der Waals surface area contributed by atoms with Crippen molar-refractivity contribution in [1.82, 2.24) is 20.1 Å². The molecule has 0 saturated carbocycles. The Morgan fingerprint density at radius 1 is 1.35 bits per heavy atom.